The second kappa shape index (κ2) is 7.05. The molecule has 0 bridgehead atoms. The summed E-state index contributed by atoms with van der Waals surface area (Å²) in [6, 6.07) is 5.48. The van der Waals surface area contributed by atoms with Gasteiger partial charge < -0.3 is 19.1 Å². The fraction of sp³-hybridized carbons (Fsp3) is 0.438. The van der Waals surface area contributed by atoms with Gasteiger partial charge in [-0.25, -0.2) is 0 Å². The Hall–Kier alpha value is -1.69. The Morgan fingerprint density at radius 3 is 2.14 bits per heavy atom. The first-order chi connectivity index (χ1) is 10.5. The molecule has 5 nitrogen and oxygen atoms in total. The third-order valence-corrected chi connectivity index (χ3v) is 3.68. The first kappa shape index (κ1) is 16.7. The van der Waals surface area contributed by atoms with Gasteiger partial charge in [-0.2, -0.15) is 0 Å². The van der Waals surface area contributed by atoms with E-state index in [-0.39, 0.29) is 5.78 Å². The van der Waals surface area contributed by atoms with Crippen molar-refractivity contribution in [3.05, 3.63) is 29.6 Å². The normalized spacial score (nSPS) is 17.5. The van der Waals surface area contributed by atoms with Crippen molar-refractivity contribution in [2.75, 3.05) is 27.3 Å². The molecular weight excluding hydrogens is 350 g/mol. The Morgan fingerprint density at radius 2 is 1.68 bits per heavy atom. The van der Waals surface area contributed by atoms with E-state index in [0.717, 1.165) is 5.56 Å². The molecule has 1 aliphatic heterocycles. The van der Waals surface area contributed by atoms with E-state index in [1.54, 1.807) is 4.90 Å². The molecule has 0 spiro atoms. The lowest BCUT2D eigenvalue weighted by Crippen LogP contribution is -2.13. The van der Waals surface area contributed by atoms with Crippen LogP contribution in [0.4, 0.5) is 0 Å². The summed E-state index contributed by atoms with van der Waals surface area (Å²) in [5.74, 6) is 1.75. The lowest BCUT2D eigenvalue weighted by atomic mass is 10.0. The largest absolute Gasteiger partial charge is 0.494 e. The van der Waals surface area contributed by atoms with Gasteiger partial charge in [-0.15, -0.1) is 0 Å². The van der Waals surface area contributed by atoms with Crippen molar-refractivity contribution in [3.63, 3.8) is 0 Å². The van der Waals surface area contributed by atoms with Crippen molar-refractivity contribution < 1.29 is 19.0 Å². The van der Waals surface area contributed by atoms with Crippen LogP contribution in [-0.4, -0.2) is 43.0 Å². The number of ether oxygens (including phenoxy) is 3. The molecule has 0 N–H and O–H groups in total. The summed E-state index contributed by atoms with van der Waals surface area (Å²) < 4.78 is 16.7. The first-order valence-corrected chi connectivity index (χ1v) is 8.07. The minimum absolute atomic E-state index is 0.111. The molecule has 120 valence electrons. The quantitative estimate of drug-likeness (QED) is 0.721. The van der Waals surface area contributed by atoms with Gasteiger partial charge in [0.1, 0.15) is 11.5 Å². The molecule has 22 heavy (non-hydrogen) atoms. The van der Waals surface area contributed by atoms with Gasteiger partial charge >= 0.3 is 0 Å². The zero-order valence-corrected chi connectivity index (χ0v) is 14.8. The Morgan fingerprint density at radius 1 is 1.14 bits per heavy atom. The van der Waals surface area contributed by atoms with Crippen molar-refractivity contribution >= 4 is 27.3 Å². The summed E-state index contributed by atoms with van der Waals surface area (Å²) in [4.78, 5) is 14.2. The number of alkyl halides is 1. The number of nitrogens with zero attached hydrogens (tertiary/aromatic N) is 1. The van der Waals surface area contributed by atoms with Crippen LogP contribution in [0.1, 0.15) is 19.4 Å². The van der Waals surface area contributed by atoms with Crippen molar-refractivity contribution in [1.82, 2.24) is 4.90 Å². The molecule has 0 fully saturated rings. The predicted molar refractivity (Wildman–Crippen MR) is 88.2 cm³/mol. The molecule has 1 aromatic rings. The van der Waals surface area contributed by atoms with Gasteiger partial charge in [0, 0.05) is 20.2 Å². The van der Waals surface area contributed by atoms with E-state index >= 15 is 0 Å². The van der Waals surface area contributed by atoms with Crippen LogP contribution in [0, 0.1) is 0 Å². The molecule has 0 saturated heterocycles. The fourth-order valence-electron chi connectivity index (χ4n) is 2.24. The number of rotatable bonds is 6. The van der Waals surface area contributed by atoms with E-state index in [2.05, 4.69) is 15.9 Å². The topological polar surface area (TPSA) is 48.0 Å². The third-order valence-electron chi connectivity index (χ3n) is 3.08. The van der Waals surface area contributed by atoms with Gasteiger partial charge in [-0.05, 0) is 47.5 Å². The molecule has 0 amide bonds. The molecule has 1 unspecified atom stereocenters. The smallest absolute Gasteiger partial charge is 0.220 e. The van der Waals surface area contributed by atoms with Gasteiger partial charge in [0.25, 0.3) is 0 Å². The number of halogens is 1. The van der Waals surface area contributed by atoms with Crippen LogP contribution >= 0.6 is 15.9 Å². The van der Waals surface area contributed by atoms with Crippen LogP contribution in [0.3, 0.4) is 0 Å². The van der Waals surface area contributed by atoms with Crippen molar-refractivity contribution in [2.24, 2.45) is 0 Å². The molecule has 1 heterocycles. The highest BCUT2D eigenvalue weighted by atomic mass is 79.9. The van der Waals surface area contributed by atoms with Crippen LogP contribution in [0.15, 0.2) is 24.1 Å². The van der Waals surface area contributed by atoms with Gasteiger partial charge in [0.05, 0.1) is 18.8 Å². The molecule has 0 saturated carbocycles. The van der Waals surface area contributed by atoms with Crippen LogP contribution in [-0.2, 0) is 9.53 Å². The van der Waals surface area contributed by atoms with Gasteiger partial charge in [0.15, 0.2) is 0 Å². The number of benzene rings is 1. The van der Waals surface area contributed by atoms with Crippen molar-refractivity contribution in [3.8, 4) is 11.5 Å². The minimum Gasteiger partial charge on any atom is -0.494 e. The number of ketones is 1. The van der Waals surface area contributed by atoms with Crippen LogP contribution in [0.25, 0.3) is 5.57 Å². The maximum atomic E-state index is 12.4. The average Bonchev–Trinajstić information content (AvgIpc) is 2.76. The molecule has 0 radical (unpaired) electrons. The van der Waals surface area contributed by atoms with E-state index in [9.17, 15) is 4.79 Å². The molecule has 1 aromatic carbocycles. The van der Waals surface area contributed by atoms with Gasteiger partial charge in [0.2, 0.25) is 16.7 Å². The van der Waals surface area contributed by atoms with E-state index in [4.69, 9.17) is 14.2 Å². The number of hydrogen-bond acceptors (Lipinski definition) is 5. The highest BCUT2D eigenvalue weighted by molar-refractivity contribution is 9.09. The lowest BCUT2D eigenvalue weighted by molar-refractivity contribution is -0.116. The minimum atomic E-state index is -0.661. The van der Waals surface area contributed by atoms with Crippen molar-refractivity contribution in [1.29, 1.82) is 0 Å². The summed E-state index contributed by atoms with van der Waals surface area (Å²) in [6.45, 7) is 4.91. The average molecular weight is 370 g/mol. The molecule has 1 atom stereocenters. The zero-order valence-electron chi connectivity index (χ0n) is 13.2. The molecule has 0 aliphatic carbocycles. The number of carbonyl (C=O) groups excluding carboxylic acids is 1. The fourth-order valence-corrected chi connectivity index (χ4v) is 2.65. The van der Waals surface area contributed by atoms with Crippen LogP contribution in [0.5, 0.6) is 11.5 Å². The maximum absolute atomic E-state index is 12.4. The Balaban J connectivity index is 2.53. The zero-order chi connectivity index (χ0) is 16.3. The van der Waals surface area contributed by atoms with E-state index in [0.29, 0.717) is 36.2 Å². The number of hydrogen-bond donors (Lipinski definition) is 0. The Kier molecular flexibility index (Phi) is 5.34. The summed E-state index contributed by atoms with van der Waals surface area (Å²) in [6.07, 6.45) is 0. The summed E-state index contributed by atoms with van der Waals surface area (Å²) >= 11 is 3.25. The van der Waals surface area contributed by atoms with Crippen molar-refractivity contribution in [2.45, 2.75) is 18.9 Å². The number of carbonyl (C=O) groups is 1. The predicted octanol–water partition coefficient (Wildman–Crippen LogP) is 3.03. The molecular formula is C16H20BrNO4. The van der Waals surface area contributed by atoms with E-state index < -0.39 is 5.01 Å². The van der Waals surface area contributed by atoms with E-state index in [1.807, 2.05) is 46.1 Å². The monoisotopic (exact) mass is 369 g/mol. The molecule has 1 aliphatic rings. The standard InChI is InChI=1S/C16H20BrNO4/c1-5-20-11-7-10(8-12(9-11)21-6-2)13-14(19)15(17)22-16(13)18(3)4/h7-9,15H,5-6H2,1-4H3. The van der Waals surface area contributed by atoms with Crippen LogP contribution < -0.4 is 9.47 Å². The van der Waals surface area contributed by atoms with Gasteiger partial charge in [-0.1, -0.05) is 0 Å². The Bertz CT molecular complexity index is 574. The summed E-state index contributed by atoms with van der Waals surface area (Å²) in [7, 11) is 3.67. The van der Waals surface area contributed by atoms with E-state index in [1.165, 1.54) is 0 Å². The Labute approximate surface area is 139 Å². The van der Waals surface area contributed by atoms with Crippen LogP contribution in [0.2, 0.25) is 0 Å². The SMILES string of the molecule is CCOc1cc(OCC)cc(C2=C(N(C)C)OC(Br)C2=O)c1. The second-order valence-electron chi connectivity index (χ2n) is 4.93. The highest BCUT2D eigenvalue weighted by Crippen LogP contribution is 2.36. The lowest BCUT2D eigenvalue weighted by Gasteiger charge is -2.16. The summed E-state index contributed by atoms with van der Waals surface area (Å²) in [5.41, 5.74) is 1.25. The molecule has 6 heteroatoms. The highest BCUT2D eigenvalue weighted by Gasteiger charge is 2.35. The first-order valence-electron chi connectivity index (χ1n) is 7.15. The second-order valence-corrected chi connectivity index (χ2v) is 5.76. The molecule has 2 rings (SSSR count). The van der Waals surface area contributed by atoms with Gasteiger partial charge in [-0.3, -0.25) is 4.79 Å². The maximum Gasteiger partial charge on any atom is 0.220 e. The third kappa shape index (κ3) is 3.38. The molecule has 0 aromatic heterocycles. The summed E-state index contributed by atoms with van der Waals surface area (Å²) in [5, 5.41) is -0.661. The number of Topliss-reactive ketones (excluding diaryl/α,β-unsaturated/α-hetero) is 1.